The Hall–Kier alpha value is -2.34. The highest BCUT2D eigenvalue weighted by Gasteiger charge is 2.18. The maximum Gasteiger partial charge on any atom is 0.224 e. The molecule has 1 unspecified atom stereocenters. The number of hydrogen-bond acceptors (Lipinski definition) is 5. The van der Waals surface area contributed by atoms with Crippen LogP contribution in [-0.4, -0.2) is 31.8 Å². The van der Waals surface area contributed by atoms with Gasteiger partial charge in [-0.15, -0.1) is 0 Å². The summed E-state index contributed by atoms with van der Waals surface area (Å²) in [5.41, 5.74) is 2.47. The fraction of sp³-hybridized carbons (Fsp3) is 0.412. The predicted octanol–water partition coefficient (Wildman–Crippen LogP) is 2.35. The SMILES string of the molecule is COc1ccccc1C(CNC(=O)Cc1c(C)noc1C)OC. The lowest BCUT2D eigenvalue weighted by molar-refractivity contribution is -0.121. The molecule has 1 aromatic carbocycles. The van der Waals surface area contributed by atoms with E-state index in [-0.39, 0.29) is 18.4 Å². The molecule has 0 aliphatic heterocycles. The topological polar surface area (TPSA) is 73.6 Å². The van der Waals surface area contributed by atoms with E-state index in [2.05, 4.69) is 10.5 Å². The van der Waals surface area contributed by atoms with Gasteiger partial charge < -0.3 is 19.3 Å². The number of nitrogens with zero attached hydrogens (tertiary/aromatic N) is 1. The van der Waals surface area contributed by atoms with Crippen LogP contribution in [0.1, 0.15) is 28.7 Å². The minimum atomic E-state index is -0.278. The van der Waals surface area contributed by atoms with Crippen LogP contribution in [0.25, 0.3) is 0 Å². The number of methoxy groups -OCH3 is 2. The van der Waals surface area contributed by atoms with E-state index in [0.717, 1.165) is 22.6 Å². The molecule has 0 fully saturated rings. The zero-order chi connectivity index (χ0) is 16.8. The van der Waals surface area contributed by atoms with Crippen LogP contribution in [0.4, 0.5) is 0 Å². The van der Waals surface area contributed by atoms with Crippen molar-refractivity contribution >= 4 is 5.91 Å². The number of benzene rings is 1. The predicted molar refractivity (Wildman–Crippen MR) is 85.4 cm³/mol. The number of rotatable bonds is 7. The standard InChI is InChI=1S/C17H22N2O4/c1-11-14(12(2)23-19-11)9-17(20)18-10-16(22-4)13-7-5-6-8-15(13)21-3/h5-8,16H,9-10H2,1-4H3,(H,18,20). The second-order valence-corrected chi connectivity index (χ2v) is 5.25. The molecule has 0 aliphatic rings. The van der Waals surface area contributed by atoms with E-state index in [0.29, 0.717) is 12.3 Å². The van der Waals surface area contributed by atoms with Gasteiger partial charge in [-0.05, 0) is 19.9 Å². The highest BCUT2D eigenvalue weighted by Crippen LogP contribution is 2.26. The fourth-order valence-electron chi connectivity index (χ4n) is 2.44. The molecule has 2 rings (SSSR count). The highest BCUT2D eigenvalue weighted by molar-refractivity contribution is 5.79. The summed E-state index contributed by atoms with van der Waals surface area (Å²) in [7, 11) is 3.22. The lowest BCUT2D eigenvalue weighted by Crippen LogP contribution is -2.30. The molecule has 6 nitrogen and oxygen atoms in total. The van der Waals surface area contributed by atoms with Gasteiger partial charge in [0.2, 0.25) is 5.91 Å². The first-order valence-electron chi connectivity index (χ1n) is 7.41. The summed E-state index contributed by atoms with van der Waals surface area (Å²) in [6.45, 7) is 3.99. The Kier molecular flexibility index (Phi) is 5.76. The van der Waals surface area contributed by atoms with Gasteiger partial charge in [0.1, 0.15) is 17.6 Å². The molecule has 124 valence electrons. The van der Waals surface area contributed by atoms with Gasteiger partial charge in [0.15, 0.2) is 0 Å². The molecule has 23 heavy (non-hydrogen) atoms. The molecule has 1 heterocycles. The third-order valence-corrected chi connectivity index (χ3v) is 3.77. The van der Waals surface area contributed by atoms with E-state index in [9.17, 15) is 4.79 Å². The summed E-state index contributed by atoms with van der Waals surface area (Å²) in [6.07, 6.45) is -0.0384. The number of nitrogens with one attached hydrogen (secondary N) is 1. The number of carbonyl (C=O) groups excluding carboxylic acids is 1. The Morgan fingerprint density at radius 3 is 2.65 bits per heavy atom. The second-order valence-electron chi connectivity index (χ2n) is 5.25. The smallest absolute Gasteiger partial charge is 0.224 e. The lowest BCUT2D eigenvalue weighted by atomic mass is 10.1. The summed E-state index contributed by atoms with van der Waals surface area (Å²) in [5, 5.41) is 6.74. The summed E-state index contributed by atoms with van der Waals surface area (Å²) >= 11 is 0. The number of ether oxygens (including phenoxy) is 2. The van der Waals surface area contributed by atoms with Gasteiger partial charge in [0, 0.05) is 24.8 Å². The molecular weight excluding hydrogens is 296 g/mol. The van der Waals surface area contributed by atoms with Crippen LogP contribution in [-0.2, 0) is 16.0 Å². The molecule has 0 saturated carbocycles. The van der Waals surface area contributed by atoms with Crippen LogP contribution in [0.2, 0.25) is 0 Å². The first-order chi connectivity index (χ1) is 11.1. The van der Waals surface area contributed by atoms with Crippen LogP contribution < -0.4 is 10.1 Å². The number of aryl methyl sites for hydroxylation is 2. The van der Waals surface area contributed by atoms with Crippen molar-refractivity contribution in [3.05, 3.63) is 46.8 Å². The van der Waals surface area contributed by atoms with Crippen molar-refractivity contribution in [2.45, 2.75) is 26.4 Å². The third kappa shape index (κ3) is 4.10. The van der Waals surface area contributed by atoms with Gasteiger partial charge in [-0.1, -0.05) is 23.4 Å². The van der Waals surface area contributed by atoms with Crippen LogP contribution >= 0.6 is 0 Å². The van der Waals surface area contributed by atoms with Gasteiger partial charge in [-0.25, -0.2) is 0 Å². The van der Waals surface area contributed by atoms with E-state index in [1.165, 1.54) is 0 Å². The van der Waals surface area contributed by atoms with Crippen LogP contribution in [0.5, 0.6) is 5.75 Å². The Morgan fingerprint density at radius 1 is 1.30 bits per heavy atom. The minimum Gasteiger partial charge on any atom is -0.496 e. The number of hydrogen-bond donors (Lipinski definition) is 1. The number of aromatic nitrogens is 1. The first kappa shape index (κ1) is 17.0. The average molecular weight is 318 g/mol. The van der Waals surface area contributed by atoms with Crippen molar-refractivity contribution in [3.63, 3.8) is 0 Å². The van der Waals surface area contributed by atoms with Gasteiger partial charge in [0.25, 0.3) is 0 Å². The van der Waals surface area contributed by atoms with Crippen molar-refractivity contribution < 1.29 is 18.8 Å². The number of carbonyl (C=O) groups is 1. The summed E-state index contributed by atoms with van der Waals surface area (Å²) < 4.78 is 15.9. The molecule has 1 aromatic heterocycles. The fourth-order valence-corrected chi connectivity index (χ4v) is 2.44. The first-order valence-corrected chi connectivity index (χ1v) is 7.41. The van der Waals surface area contributed by atoms with Gasteiger partial charge in [-0.3, -0.25) is 4.79 Å². The van der Waals surface area contributed by atoms with Gasteiger partial charge >= 0.3 is 0 Å². The van der Waals surface area contributed by atoms with Crippen molar-refractivity contribution in [2.75, 3.05) is 20.8 Å². The zero-order valence-corrected chi connectivity index (χ0v) is 13.9. The normalized spacial score (nSPS) is 12.0. The third-order valence-electron chi connectivity index (χ3n) is 3.77. The van der Waals surface area contributed by atoms with E-state index < -0.39 is 0 Å². The maximum absolute atomic E-state index is 12.2. The molecule has 1 N–H and O–H groups in total. The van der Waals surface area contributed by atoms with Crippen LogP contribution in [0.3, 0.4) is 0 Å². The molecule has 0 radical (unpaired) electrons. The summed E-state index contributed by atoms with van der Waals surface area (Å²) in [6, 6.07) is 7.60. The Labute approximate surface area is 135 Å². The monoisotopic (exact) mass is 318 g/mol. The van der Waals surface area contributed by atoms with Crippen molar-refractivity contribution in [1.29, 1.82) is 0 Å². The molecule has 0 bridgehead atoms. The van der Waals surface area contributed by atoms with E-state index >= 15 is 0 Å². The van der Waals surface area contributed by atoms with Crippen molar-refractivity contribution in [2.24, 2.45) is 0 Å². The second kappa shape index (κ2) is 7.78. The van der Waals surface area contributed by atoms with Crippen LogP contribution in [0, 0.1) is 13.8 Å². The van der Waals surface area contributed by atoms with E-state index in [1.807, 2.05) is 31.2 Å². The van der Waals surface area contributed by atoms with E-state index in [1.54, 1.807) is 21.1 Å². The van der Waals surface area contributed by atoms with Gasteiger partial charge in [0.05, 0.1) is 19.2 Å². The summed E-state index contributed by atoms with van der Waals surface area (Å²) in [5.74, 6) is 1.31. The highest BCUT2D eigenvalue weighted by atomic mass is 16.5. The maximum atomic E-state index is 12.2. The van der Waals surface area contributed by atoms with Gasteiger partial charge in [-0.2, -0.15) is 0 Å². The zero-order valence-electron chi connectivity index (χ0n) is 13.9. The molecule has 2 aromatic rings. The molecule has 1 amide bonds. The molecule has 0 saturated heterocycles. The number of para-hydroxylation sites is 1. The van der Waals surface area contributed by atoms with E-state index in [4.69, 9.17) is 14.0 Å². The molecule has 6 heteroatoms. The summed E-state index contributed by atoms with van der Waals surface area (Å²) in [4.78, 5) is 12.2. The average Bonchev–Trinajstić information content (AvgIpc) is 2.87. The Balaban J connectivity index is 1.99. The van der Waals surface area contributed by atoms with Crippen LogP contribution in [0.15, 0.2) is 28.8 Å². The number of amides is 1. The quantitative estimate of drug-likeness (QED) is 0.848. The molecule has 0 aliphatic carbocycles. The Morgan fingerprint density at radius 2 is 2.04 bits per heavy atom. The van der Waals surface area contributed by atoms with Crippen molar-refractivity contribution in [3.8, 4) is 5.75 Å². The van der Waals surface area contributed by atoms with Crippen molar-refractivity contribution in [1.82, 2.24) is 10.5 Å². The lowest BCUT2D eigenvalue weighted by Gasteiger charge is -2.19. The molecule has 0 spiro atoms. The molecular formula is C17H22N2O4. The minimum absolute atomic E-state index is 0.101. The molecule has 1 atom stereocenters. The largest absolute Gasteiger partial charge is 0.496 e. The Bertz CT molecular complexity index is 647.